The molecule has 94 valence electrons. The molecule has 1 heterocycles. The third-order valence-electron chi connectivity index (χ3n) is 2.92. The van der Waals surface area contributed by atoms with E-state index >= 15 is 0 Å². The molecule has 0 bridgehead atoms. The first-order chi connectivity index (χ1) is 7.72. The lowest BCUT2D eigenvalue weighted by atomic mass is 10.2. The Morgan fingerprint density at radius 2 is 2.00 bits per heavy atom. The van der Waals surface area contributed by atoms with Crippen molar-refractivity contribution in [2.45, 2.75) is 38.8 Å². The number of nitrogens with zero attached hydrogens (tertiary/aromatic N) is 1. The molecule has 0 aromatic heterocycles. The normalized spacial score (nSPS) is 31.1. The average molecular weight is 241 g/mol. The Balaban J connectivity index is 2.16. The van der Waals surface area contributed by atoms with E-state index in [0.717, 1.165) is 4.90 Å². The van der Waals surface area contributed by atoms with Gasteiger partial charge in [0.25, 0.3) is 0 Å². The van der Waals surface area contributed by atoms with Crippen molar-refractivity contribution in [3.05, 3.63) is 0 Å². The largest absolute Gasteiger partial charge is 0.480 e. The van der Waals surface area contributed by atoms with Gasteiger partial charge in [0.15, 0.2) is 0 Å². The number of fused-ring (bicyclic) bond motifs is 1. The Labute approximate surface area is 98.5 Å². The zero-order valence-corrected chi connectivity index (χ0v) is 9.97. The fourth-order valence-corrected chi connectivity index (χ4v) is 2.16. The fourth-order valence-electron chi connectivity index (χ4n) is 2.16. The van der Waals surface area contributed by atoms with E-state index in [1.54, 1.807) is 20.8 Å². The summed E-state index contributed by atoms with van der Waals surface area (Å²) in [4.78, 5) is 35.3. The highest BCUT2D eigenvalue weighted by Gasteiger charge is 2.63. The molecule has 1 N–H and O–H groups in total. The summed E-state index contributed by atoms with van der Waals surface area (Å²) < 4.78 is 5.04. The second-order valence-electron chi connectivity index (χ2n) is 5.48. The third kappa shape index (κ3) is 1.99. The van der Waals surface area contributed by atoms with Crippen LogP contribution in [-0.2, 0) is 14.3 Å². The maximum atomic E-state index is 11.8. The summed E-state index contributed by atoms with van der Waals surface area (Å²) in [5.74, 6) is -2.10. The first-order valence-electron chi connectivity index (χ1n) is 5.51. The lowest BCUT2D eigenvalue weighted by Crippen LogP contribution is -2.47. The summed E-state index contributed by atoms with van der Waals surface area (Å²) >= 11 is 0. The predicted octanol–water partition coefficient (Wildman–Crippen LogP) is 0.853. The van der Waals surface area contributed by atoms with Crippen LogP contribution in [0.5, 0.6) is 0 Å². The molecule has 0 radical (unpaired) electrons. The van der Waals surface area contributed by atoms with Crippen molar-refractivity contribution in [3.8, 4) is 0 Å². The maximum absolute atomic E-state index is 11.8. The molecule has 2 amide bonds. The van der Waals surface area contributed by atoms with Gasteiger partial charge in [-0.1, -0.05) is 0 Å². The molecule has 1 saturated carbocycles. The lowest BCUT2D eigenvalue weighted by Gasteiger charge is -2.27. The summed E-state index contributed by atoms with van der Waals surface area (Å²) in [5.41, 5.74) is -0.743. The Kier molecular flexibility index (Phi) is 2.41. The second kappa shape index (κ2) is 3.45. The standard InChI is InChI=1S/C11H15NO5/c1-11(2,3)17-10(16)12-7(9(14)15)5-4-6(5)8(12)13/h5-7H,4H2,1-3H3,(H,14,15)/t5-,6+,7-/m0/s1. The van der Waals surface area contributed by atoms with Crippen LogP contribution in [0.4, 0.5) is 4.79 Å². The highest BCUT2D eigenvalue weighted by Crippen LogP contribution is 2.50. The monoisotopic (exact) mass is 241 g/mol. The van der Waals surface area contributed by atoms with E-state index in [1.807, 2.05) is 0 Å². The molecular weight excluding hydrogens is 226 g/mol. The van der Waals surface area contributed by atoms with Gasteiger partial charge >= 0.3 is 12.1 Å². The number of carbonyl (C=O) groups is 3. The van der Waals surface area contributed by atoms with Crippen molar-refractivity contribution in [1.82, 2.24) is 4.90 Å². The molecule has 0 spiro atoms. The van der Waals surface area contributed by atoms with Crippen LogP contribution >= 0.6 is 0 Å². The Morgan fingerprint density at radius 1 is 1.41 bits per heavy atom. The van der Waals surface area contributed by atoms with Gasteiger partial charge in [0, 0.05) is 11.8 Å². The molecule has 2 aliphatic rings. The van der Waals surface area contributed by atoms with Crippen LogP contribution < -0.4 is 0 Å². The smallest absolute Gasteiger partial charge is 0.417 e. The summed E-state index contributed by atoms with van der Waals surface area (Å²) in [6.45, 7) is 5.01. The van der Waals surface area contributed by atoms with Crippen molar-refractivity contribution >= 4 is 18.0 Å². The number of carboxylic acids is 1. The van der Waals surface area contributed by atoms with Crippen molar-refractivity contribution in [2.75, 3.05) is 0 Å². The number of hydrogen-bond donors (Lipinski definition) is 1. The molecule has 6 nitrogen and oxygen atoms in total. The molecule has 0 aromatic rings. The summed E-state index contributed by atoms with van der Waals surface area (Å²) in [6, 6.07) is -1.05. The molecule has 2 rings (SSSR count). The van der Waals surface area contributed by atoms with Crippen LogP contribution in [0.3, 0.4) is 0 Å². The van der Waals surface area contributed by atoms with Crippen LogP contribution in [-0.4, -0.2) is 39.6 Å². The van der Waals surface area contributed by atoms with Crippen LogP contribution in [0.15, 0.2) is 0 Å². The number of rotatable bonds is 1. The first-order valence-corrected chi connectivity index (χ1v) is 5.51. The average Bonchev–Trinajstić information content (AvgIpc) is 2.83. The first kappa shape index (κ1) is 11.9. The number of imide groups is 1. The van der Waals surface area contributed by atoms with Gasteiger partial charge < -0.3 is 9.84 Å². The number of aliphatic carboxylic acids is 1. The van der Waals surface area contributed by atoms with Gasteiger partial charge in [-0.15, -0.1) is 0 Å². The van der Waals surface area contributed by atoms with Crippen molar-refractivity contribution in [3.63, 3.8) is 0 Å². The molecule has 17 heavy (non-hydrogen) atoms. The minimum atomic E-state index is -1.14. The topological polar surface area (TPSA) is 83.9 Å². The lowest BCUT2D eigenvalue weighted by molar-refractivity contribution is -0.147. The minimum Gasteiger partial charge on any atom is -0.480 e. The van der Waals surface area contributed by atoms with Gasteiger partial charge in [-0.2, -0.15) is 0 Å². The number of piperidine rings is 1. The molecule has 0 unspecified atom stereocenters. The Morgan fingerprint density at radius 3 is 2.47 bits per heavy atom. The van der Waals surface area contributed by atoms with Crippen molar-refractivity contribution in [2.24, 2.45) is 11.8 Å². The fraction of sp³-hybridized carbons (Fsp3) is 0.727. The number of hydrogen-bond acceptors (Lipinski definition) is 4. The van der Waals surface area contributed by atoms with Gasteiger partial charge in [-0.25, -0.2) is 14.5 Å². The molecule has 1 aliphatic heterocycles. The Hall–Kier alpha value is -1.59. The number of likely N-dealkylation sites (tertiary alicyclic amines) is 1. The second-order valence-corrected chi connectivity index (χ2v) is 5.48. The van der Waals surface area contributed by atoms with Gasteiger partial charge in [-0.3, -0.25) is 4.79 Å². The number of carbonyl (C=O) groups excluding carboxylic acids is 2. The molecule has 1 saturated heterocycles. The molecule has 3 atom stereocenters. The van der Waals surface area contributed by atoms with Crippen LogP contribution in [0.25, 0.3) is 0 Å². The number of carboxylic acid groups (broad SMARTS) is 1. The molecular formula is C11H15NO5. The van der Waals surface area contributed by atoms with E-state index in [9.17, 15) is 14.4 Å². The zero-order valence-electron chi connectivity index (χ0n) is 9.97. The molecule has 2 fully saturated rings. The van der Waals surface area contributed by atoms with Crippen molar-refractivity contribution < 1.29 is 24.2 Å². The van der Waals surface area contributed by atoms with Gasteiger partial charge in [-0.05, 0) is 27.2 Å². The predicted molar refractivity (Wildman–Crippen MR) is 56.1 cm³/mol. The van der Waals surface area contributed by atoms with E-state index in [1.165, 1.54) is 0 Å². The van der Waals surface area contributed by atoms with Crippen LogP contribution in [0.1, 0.15) is 27.2 Å². The quantitative estimate of drug-likeness (QED) is 0.735. The minimum absolute atomic E-state index is 0.229. The third-order valence-corrected chi connectivity index (χ3v) is 2.92. The van der Waals surface area contributed by atoms with E-state index < -0.39 is 29.6 Å². The summed E-state index contributed by atoms with van der Waals surface area (Å²) in [7, 11) is 0. The van der Waals surface area contributed by atoms with E-state index in [4.69, 9.17) is 9.84 Å². The molecule has 6 heteroatoms. The van der Waals surface area contributed by atoms with Crippen molar-refractivity contribution in [1.29, 1.82) is 0 Å². The number of amides is 2. The van der Waals surface area contributed by atoms with E-state index in [0.29, 0.717) is 6.42 Å². The highest BCUT2D eigenvalue weighted by atomic mass is 16.6. The van der Waals surface area contributed by atoms with Crippen LogP contribution in [0, 0.1) is 11.8 Å². The van der Waals surface area contributed by atoms with Crippen LogP contribution in [0.2, 0.25) is 0 Å². The molecule has 1 aliphatic carbocycles. The maximum Gasteiger partial charge on any atom is 0.417 e. The Bertz CT molecular complexity index is 397. The molecule has 0 aromatic carbocycles. The van der Waals surface area contributed by atoms with E-state index in [2.05, 4.69) is 0 Å². The highest BCUT2D eigenvalue weighted by molar-refractivity contribution is 6.02. The summed E-state index contributed by atoms with van der Waals surface area (Å²) in [6.07, 6.45) is -0.295. The van der Waals surface area contributed by atoms with Gasteiger partial charge in [0.2, 0.25) is 5.91 Å². The zero-order chi connectivity index (χ0) is 13.0. The SMILES string of the molecule is CC(C)(C)OC(=O)N1C(=O)[C@@H]2C[C@@H]2[C@H]1C(=O)O. The van der Waals surface area contributed by atoms with E-state index in [-0.39, 0.29) is 11.8 Å². The van der Waals surface area contributed by atoms with Gasteiger partial charge in [0.1, 0.15) is 11.6 Å². The number of ether oxygens (including phenoxy) is 1. The summed E-state index contributed by atoms with van der Waals surface area (Å²) in [5, 5.41) is 9.04. The van der Waals surface area contributed by atoms with Gasteiger partial charge in [0.05, 0.1) is 0 Å².